The first kappa shape index (κ1) is 13.4. The number of hydrazine groups is 1. The molecule has 3 nitrogen and oxygen atoms in total. The second-order valence-electron chi connectivity index (χ2n) is 5.67. The van der Waals surface area contributed by atoms with Gasteiger partial charge in [-0.1, -0.05) is 30.7 Å². The maximum atomic E-state index is 5.76. The van der Waals surface area contributed by atoms with Gasteiger partial charge in [0.15, 0.2) is 0 Å². The fraction of sp³-hybridized carbons (Fsp3) is 0.412. The van der Waals surface area contributed by atoms with E-state index < -0.39 is 0 Å². The van der Waals surface area contributed by atoms with Gasteiger partial charge in [-0.15, -0.1) is 0 Å². The van der Waals surface area contributed by atoms with Crippen LogP contribution in [0.15, 0.2) is 36.4 Å². The Hall–Kier alpha value is -1.58. The van der Waals surface area contributed by atoms with Crippen LogP contribution in [0.2, 0.25) is 0 Å². The summed E-state index contributed by atoms with van der Waals surface area (Å²) in [6.45, 7) is 0. The monoisotopic (exact) mass is 270 g/mol. The fourth-order valence-electron chi connectivity index (χ4n) is 3.06. The molecule has 1 unspecified atom stereocenters. The zero-order valence-corrected chi connectivity index (χ0v) is 11.9. The van der Waals surface area contributed by atoms with Gasteiger partial charge in [-0.2, -0.15) is 0 Å². The van der Waals surface area contributed by atoms with Crippen molar-refractivity contribution < 1.29 is 4.74 Å². The minimum absolute atomic E-state index is 0.376. The SMILES string of the molecule is COc1ccc2cccc(CC(NN)C3CCC3)c2c1. The van der Waals surface area contributed by atoms with Crippen LogP contribution in [0.25, 0.3) is 10.8 Å². The van der Waals surface area contributed by atoms with Crippen molar-refractivity contribution in [1.82, 2.24) is 5.43 Å². The molecular weight excluding hydrogens is 248 g/mol. The first-order valence-electron chi connectivity index (χ1n) is 7.33. The van der Waals surface area contributed by atoms with Crippen molar-refractivity contribution in [1.29, 1.82) is 0 Å². The Labute approximate surface area is 120 Å². The molecule has 106 valence electrons. The third kappa shape index (κ3) is 2.51. The number of rotatable bonds is 5. The van der Waals surface area contributed by atoms with E-state index in [9.17, 15) is 0 Å². The zero-order valence-electron chi connectivity index (χ0n) is 11.9. The lowest BCUT2D eigenvalue weighted by Crippen LogP contribution is -2.44. The molecule has 1 aliphatic rings. The molecule has 0 amide bonds. The number of fused-ring (bicyclic) bond motifs is 1. The van der Waals surface area contributed by atoms with Crippen LogP contribution < -0.4 is 16.0 Å². The summed E-state index contributed by atoms with van der Waals surface area (Å²) >= 11 is 0. The molecular formula is C17H22N2O. The van der Waals surface area contributed by atoms with Crippen LogP contribution in [0.4, 0.5) is 0 Å². The Morgan fingerprint density at radius 2 is 2.15 bits per heavy atom. The van der Waals surface area contributed by atoms with E-state index in [0.717, 1.165) is 18.1 Å². The van der Waals surface area contributed by atoms with Gasteiger partial charge in [0.1, 0.15) is 5.75 Å². The molecule has 0 spiro atoms. The topological polar surface area (TPSA) is 47.3 Å². The van der Waals surface area contributed by atoms with Crippen LogP contribution in [0.1, 0.15) is 24.8 Å². The summed E-state index contributed by atoms with van der Waals surface area (Å²) in [7, 11) is 1.71. The molecule has 3 heteroatoms. The van der Waals surface area contributed by atoms with Gasteiger partial charge in [-0.05, 0) is 53.6 Å². The van der Waals surface area contributed by atoms with Gasteiger partial charge in [-0.3, -0.25) is 11.3 Å². The van der Waals surface area contributed by atoms with Gasteiger partial charge >= 0.3 is 0 Å². The van der Waals surface area contributed by atoms with Gasteiger partial charge in [0.25, 0.3) is 0 Å². The molecule has 1 aliphatic carbocycles. The Bertz CT molecular complexity index is 593. The van der Waals surface area contributed by atoms with Crippen molar-refractivity contribution in [2.45, 2.75) is 31.7 Å². The van der Waals surface area contributed by atoms with Crippen molar-refractivity contribution in [2.24, 2.45) is 11.8 Å². The number of nitrogens with one attached hydrogen (secondary N) is 1. The first-order chi connectivity index (χ1) is 9.81. The molecule has 2 aromatic carbocycles. The summed E-state index contributed by atoms with van der Waals surface area (Å²) in [6.07, 6.45) is 4.91. The quantitative estimate of drug-likeness (QED) is 0.648. The average molecular weight is 270 g/mol. The number of ether oxygens (including phenoxy) is 1. The molecule has 1 fully saturated rings. The molecule has 20 heavy (non-hydrogen) atoms. The molecule has 0 radical (unpaired) electrons. The third-order valence-corrected chi connectivity index (χ3v) is 4.55. The highest BCUT2D eigenvalue weighted by atomic mass is 16.5. The summed E-state index contributed by atoms with van der Waals surface area (Å²) in [5.74, 6) is 7.39. The lowest BCUT2D eigenvalue weighted by Gasteiger charge is -2.33. The van der Waals surface area contributed by atoms with Crippen LogP contribution in [-0.4, -0.2) is 13.2 Å². The van der Waals surface area contributed by atoms with E-state index >= 15 is 0 Å². The normalized spacial score (nSPS) is 16.9. The van der Waals surface area contributed by atoms with Crippen molar-refractivity contribution in [3.05, 3.63) is 42.0 Å². The van der Waals surface area contributed by atoms with Crippen LogP contribution in [0.3, 0.4) is 0 Å². The van der Waals surface area contributed by atoms with Gasteiger partial charge < -0.3 is 4.74 Å². The molecule has 0 heterocycles. The summed E-state index contributed by atoms with van der Waals surface area (Å²) in [4.78, 5) is 0. The highest BCUT2D eigenvalue weighted by Gasteiger charge is 2.26. The lowest BCUT2D eigenvalue weighted by molar-refractivity contribution is 0.229. The van der Waals surface area contributed by atoms with Crippen LogP contribution >= 0.6 is 0 Å². The van der Waals surface area contributed by atoms with Crippen LogP contribution in [-0.2, 0) is 6.42 Å². The van der Waals surface area contributed by atoms with E-state index in [1.165, 1.54) is 35.6 Å². The highest BCUT2D eigenvalue weighted by molar-refractivity contribution is 5.87. The summed E-state index contributed by atoms with van der Waals surface area (Å²) in [6, 6.07) is 13.1. The minimum atomic E-state index is 0.376. The van der Waals surface area contributed by atoms with Crippen LogP contribution in [0.5, 0.6) is 5.75 Å². The molecule has 0 bridgehead atoms. The third-order valence-electron chi connectivity index (χ3n) is 4.55. The number of methoxy groups -OCH3 is 1. The highest BCUT2D eigenvalue weighted by Crippen LogP contribution is 2.32. The molecule has 2 aromatic rings. The van der Waals surface area contributed by atoms with Gasteiger partial charge in [-0.25, -0.2) is 0 Å². The van der Waals surface area contributed by atoms with Crippen LogP contribution in [0, 0.1) is 5.92 Å². The van der Waals surface area contributed by atoms with Gasteiger partial charge in [0.2, 0.25) is 0 Å². The Balaban J connectivity index is 1.93. The lowest BCUT2D eigenvalue weighted by atomic mass is 9.77. The van der Waals surface area contributed by atoms with E-state index in [2.05, 4.69) is 35.8 Å². The predicted molar refractivity (Wildman–Crippen MR) is 82.7 cm³/mol. The Kier molecular flexibility index (Phi) is 3.90. The van der Waals surface area contributed by atoms with E-state index in [1.807, 2.05) is 6.07 Å². The predicted octanol–water partition coefficient (Wildman–Crippen LogP) is 3.02. The molecule has 0 aromatic heterocycles. The summed E-state index contributed by atoms with van der Waals surface area (Å²) < 4.78 is 5.35. The maximum Gasteiger partial charge on any atom is 0.119 e. The molecule has 3 N–H and O–H groups in total. The van der Waals surface area contributed by atoms with Crippen molar-refractivity contribution in [3.63, 3.8) is 0 Å². The summed E-state index contributed by atoms with van der Waals surface area (Å²) in [5, 5.41) is 2.53. The van der Waals surface area contributed by atoms with E-state index in [0.29, 0.717) is 6.04 Å². The minimum Gasteiger partial charge on any atom is -0.497 e. The molecule has 3 rings (SSSR count). The molecule has 0 aliphatic heterocycles. The average Bonchev–Trinajstić information content (AvgIpc) is 2.44. The summed E-state index contributed by atoms with van der Waals surface area (Å²) in [5.41, 5.74) is 4.36. The van der Waals surface area contributed by atoms with Crippen molar-refractivity contribution in [3.8, 4) is 5.75 Å². The fourth-order valence-corrected chi connectivity index (χ4v) is 3.06. The smallest absolute Gasteiger partial charge is 0.119 e. The second kappa shape index (κ2) is 5.81. The largest absolute Gasteiger partial charge is 0.497 e. The van der Waals surface area contributed by atoms with Gasteiger partial charge in [0, 0.05) is 6.04 Å². The van der Waals surface area contributed by atoms with E-state index in [-0.39, 0.29) is 0 Å². The number of hydrogen-bond donors (Lipinski definition) is 2. The zero-order chi connectivity index (χ0) is 13.9. The maximum absolute atomic E-state index is 5.76. The molecule has 1 atom stereocenters. The first-order valence-corrected chi connectivity index (χ1v) is 7.33. The molecule has 1 saturated carbocycles. The van der Waals surface area contributed by atoms with E-state index in [4.69, 9.17) is 10.6 Å². The number of nitrogens with two attached hydrogens (primary N) is 1. The molecule has 0 saturated heterocycles. The standard InChI is InChI=1S/C17H22N2O/c1-20-15-9-8-12-4-2-7-14(16(12)11-15)10-17(19-18)13-5-3-6-13/h2,4,7-9,11,13,17,19H,3,5-6,10,18H2,1H3. The van der Waals surface area contributed by atoms with E-state index in [1.54, 1.807) is 7.11 Å². The van der Waals surface area contributed by atoms with Gasteiger partial charge in [0.05, 0.1) is 7.11 Å². The Morgan fingerprint density at radius 3 is 2.80 bits per heavy atom. The second-order valence-corrected chi connectivity index (χ2v) is 5.67. The van der Waals surface area contributed by atoms with Crippen molar-refractivity contribution in [2.75, 3.05) is 7.11 Å². The number of benzene rings is 2. The Morgan fingerprint density at radius 1 is 1.30 bits per heavy atom. The van der Waals surface area contributed by atoms with Crippen molar-refractivity contribution >= 4 is 10.8 Å². The number of hydrogen-bond acceptors (Lipinski definition) is 3.